The van der Waals surface area contributed by atoms with E-state index in [4.69, 9.17) is 181 Å². The van der Waals surface area contributed by atoms with Crippen molar-refractivity contribution in [3.63, 3.8) is 0 Å². The van der Waals surface area contributed by atoms with E-state index < -0.39 is 0 Å². The zero-order chi connectivity index (χ0) is 45.4. The summed E-state index contributed by atoms with van der Waals surface area (Å²) >= 11 is 0. The van der Waals surface area contributed by atoms with Crippen molar-refractivity contribution in [2.24, 2.45) is 0 Å². The van der Waals surface area contributed by atoms with E-state index in [0.717, 1.165) is 0 Å². The van der Waals surface area contributed by atoms with Gasteiger partial charge in [-0.15, -0.1) is 43.7 Å². The first-order valence-corrected chi connectivity index (χ1v) is 18.2. The van der Waals surface area contributed by atoms with Crippen molar-refractivity contribution in [2.75, 3.05) is 0 Å². The summed E-state index contributed by atoms with van der Waals surface area (Å²) in [5, 5.41) is 0.808. The third-order valence-corrected chi connectivity index (χ3v) is 12.1. The molecule has 0 aliphatic carbocycles. The van der Waals surface area contributed by atoms with Crippen molar-refractivity contribution >= 4 is 358 Å². The fraction of sp³-hybridized carbons (Fsp3) is 0. The van der Waals surface area contributed by atoms with Crippen LogP contribution in [-0.4, -0.2) is 173 Å². The van der Waals surface area contributed by atoms with Gasteiger partial charge in [-0.05, 0) is 43.8 Å². The summed E-state index contributed by atoms with van der Waals surface area (Å²) in [6, 6.07) is 0. The largest absolute Gasteiger partial charge is 0.457 e. The van der Waals surface area contributed by atoms with E-state index in [1.165, 1.54) is 0 Å². The Kier molecular flexibility index (Phi) is 9.99. The quantitative estimate of drug-likeness (QED) is 0.131. The van der Waals surface area contributed by atoms with E-state index in [0.29, 0.717) is 0 Å². The van der Waals surface area contributed by atoms with E-state index in [-0.39, 0.29) is 208 Å². The smallest absolute Gasteiger partial charge is 0.127 e. The van der Waals surface area contributed by atoms with Crippen molar-refractivity contribution in [2.45, 2.75) is 0 Å². The number of hydrogen-bond donors (Lipinski definition) is 0. The molecule has 24 heteroatoms. The van der Waals surface area contributed by atoms with Gasteiger partial charge in [0.1, 0.15) is 195 Å². The van der Waals surface area contributed by atoms with E-state index >= 15 is 0 Å². The Bertz CT molecular complexity index is 3340. The summed E-state index contributed by atoms with van der Waals surface area (Å²) < 4.78 is 12.3. The lowest BCUT2D eigenvalue weighted by Gasteiger charge is -2.31. The molecular weight excluding hydrogens is 726 g/mol. The van der Waals surface area contributed by atoms with Gasteiger partial charge in [0, 0.05) is 21.5 Å². The molecule has 2 aromatic heterocycles. The molecule has 0 unspecified atom stereocenters. The van der Waals surface area contributed by atoms with Gasteiger partial charge in [0.2, 0.25) is 0 Å². The van der Waals surface area contributed by atoms with E-state index in [9.17, 15) is 0 Å². The molecule has 0 saturated heterocycles. The Morgan fingerprint density at radius 3 is 0.565 bits per heavy atom. The predicted molar refractivity (Wildman–Crippen MR) is 285 cm³/mol. The topological polar surface area (TPSA) is 26.3 Å². The van der Waals surface area contributed by atoms with E-state index in [2.05, 4.69) is 0 Å². The van der Waals surface area contributed by atoms with Gasteiger partial charge < -0.3 is 8.83 Å². The minimum atomic E-state index is -0.149. The molecule has 44 radical (unpaired) electrons. The van der Waals surface area contributed by atoms with Crippen molar-refractivity contribution in [1.82, 2.24) is 0 Å². The molecule has 0 saturated carbocycles. The van der Waals surface area contributed by atoms with Gasteiger partial charge >= 0.3 is 0 Å². The van der Waals surface area contributed by atoms with E-state index in [1.54, 1.807) is 0 Å². The first kappa shape index (κ1) is 43.3. The second-order valence-electron chi connectivity index (χ2n) is 15.1. The fourth-order valence-electron chi connectivity index (χ4n) is 8.78. The molecule has 0 atom stereocenters. The highest BCUT2D eigenvalue weighted by Gasteiger charge is 2.31. The van der Waals surface area contributed by atoms with E-state index in [1.807, 2.05) is 0 Å². The van der Waals surface area contributed by atoms with Crippen LogP contribution in [0.5, 0.6) is 0 Å². The summed E-state index contributed by atoms with van der Waals surface area (Å²) in [5.41, 5.74) is -1.94. The Balaban J connectivity index is 1.63. The molecule has 9 aromatic rings. The molecule has 62 heavy (non-hydrogen) atoms. The van der Waals surface area contributed by atoms with Gasteiger partial charge in [-0.3, -0.25) is 0 Å². The van der Waals surface area contributed by atoms with Crippen LogP contribution in [0.4, 0.5) is 0 Å². The van der Waals surface area contributed by atoms with Gasteiger partial charge in [-0.1, -0.05) is 76.5 Å². The minimum Gasteiger partial charge on any atom is -0.457 e. The summed E-state index contributed by atoms with van der Waals surface area (Å²) in [7, 11) is 147. The average Bonchev–Trinajstić information content (AvgIpc) is 3.86. The molecule has 0 amide bonds. The second-order valence-corrected chi connectivity index (χ2v) is 15.1. The molecule has 9 rings (SSSR count). The van der Waals surface area contributed by atoms with Crippen molar-refractivity contribution in [1.29, 1.82) is 0 Å². The zero-order valence-corrected chi connectivity index (χ0v) is 32.5. The molecule has 2 nitrogen and oxygen atoms in total. The molecule has 0 spiro atoms. The molecule has 0 aliphatic heterocycles. The lowest BCUT2D eigenvalue weighted by Crippen LogP contribution is -2.50. The lowest BCUT2D eigenvalue weighted by atomic mass is 9.57. The summed E-state index contributed by atoms with van der Waals surface area (Å²) in [6.45, 7) is 0. The zero-order valence-electron chi connectivity index (χ0n) is 32.5. The van der Waals surface area contributed by atoms with Gasteiger partial charge in [0.15, 0.2) is 0 Å². The Labute approximate surface area is 387 Å². The predicted octanol–water partition coefficient (Wildman–Crippen LogP) is -15.4. The molecular formula is C38B22O2. The first-order valence-electron chi connectivity index (χ1n) is 18.2. The maximum Gasteiger partial charge on any atom is 0.127 e. The molecule has 2 heterocycles. The Morgan fingerprint density at radius 2 is 0.323 bits per heavy atom. The summed E-state index contributed by atoms with van der Waals surface area (Å²) in [4.78, 5) is 0. The van der Waals surface area contributed by atoms with Crippen molar-refractivity contribution < 1.29 is 8.83 Å². The third-order valence-electron chi connectivity index (χ3n) is 12.1. The van der Waals surface area contributed by atoms with Gasteiger partial charge in [-0.2, -0.15) is 0 Å². The Morgan fingerprint density at radius 1 is 0.145 bits per heavy atom. The van der Waals surface area contributed by atoms with Crippen LogP contribution in [0.2, 0.25) is 0 Å². The van der Waals surface area contributed by atoms with Crippen molar-refractivity contribution in [3.8, 4) is 22.3 Å². The van der Waals surface area contributed by atoms with Crippen LogP contribution in [0.15, 0.2) is 8.83 Å². The third kappa shape index (κ3) is 5.25. The van der Waals surface area contributed by atoms with Crippen LogP contribution in [-0.2, 0) is 0 Å². The van der Waals surface area contributed by atoms with Gasteiger partial charge in [0.05, 0.1) is 0 Å². The monoisotopic (exact) mass is 730 g/mol. The van der Waals surface area contributed by atoms with Crippen LogP contribution < -0.4 is 120 Å². The highest BCUT2D eigenvalue weighted by Crippen LogP contribution is 2.40. The maximum atomic E-state index is 7.17. The fourth-order valence-corrected chi connectivity index (χ4v) is 8.78. The minimum absolute atomic E-state index is 0.00108. The molecule has 230 valence electrons. The highest BCUT2D eigenvalue weighted by molar-refractivity contribution is 6.75. The molecule has 0 bridgehead atoms. The summed E-state index contributed by atoms with van der Waals surface area (Å²) in [6.07, 6.45) is 0. The number of hydrogen-bond acceptors (Lipinski definition) is 2. The van der Waals surface area contributed by atoms with Crippen molar-refractivity contribution in [3.05, 3.63) is 0 Å². The number of fused-ring (bicyclic) bond motifs is 8. The Hall–Kier alpha value is -3.91. The normalized spacial score (nSPS) is 12.0. The van der Waals surface area contributed by atoms with Gasteiger partial charge in [0.25, 0.3) is 0 Å². The van der Waals surface area contributed by atoms with Crippen LogP contribution in [0.1, 0.15) is 0 Å². The molecule has 0 N–H and O–H groups in total. The maximum absolute atomic E-state index is 7.17. The van der Waals surface area contributed by atoms with Crippen LogP contribution in [0.3, 0.4) is 0 Å². The number of furan rings is 2. The average molecular weight is 726 g/mol. The van der Waals surface area contributed by atoms with Crippen LogP contribution >= 0.6 is 0 Å². The lowest BCUT2D eigenvalue weighted by molar-refractivity contribution is 0.674. The molecule has 0 fully saturated rings. The molecule has 7 aromatic carbocycles. The van der Waals surface area contributed by atoms with Gasteiger partial charge in [-0.25, -0.2) is 0 Å². The SMILES string of the molecule is [B]c1c([B])c([B])c2c(oc3c([B])c([B])c(-c4c5c([B])c([B])c([B])c([B])c5c(-c5c([B])c([B])c6oc7c([B])c([B])c([B])c([B])c7c6c5[B])c5c([B])c([B])c([B])c([B])c45)c([B])c32)c1[B]. The van der Waals surface area contributed by atoms with Crippen LogP contribution in [0.25, 0.3) is 87.7 Å². The molecule has 0 aliphatic rings. The standard InChI is InChI=1S/C38B22O2/c39-13-7(19(45)31(57)35-9(13)11-21(47)27(53)29(55)33(59)37(11)61-35)1-3-5(17(43)25(51)23(49)15(3)41)2(6-4(1)16(42)24(50)26(52)18(6)44)8-14(40)10-12-22(48)28(54)30(56)34(60)38(12)62-36(10)32(58)20(8)46. The first-order chi connectivity index (χ1) is 29.0. The second kappa shape index (κ2) is 14.3. The number of benzene rings is 7. The summed E-state index contributed by atoms with van der Waals surface area (Å²) in [5.74, 6) is 0. The number of rotatable bonds is 2. The highest BCUT2D eigenvalue weighted by atomic mass is 16.3. The van der Waals surface area contributed by atoms with Crippen LogP contribution in [0, 0.1) is 0 Å².